The molecule has 0 bridgehead atoms. The molecule has 7 aromatic rings. The number of hydrogen-bond acceptors (Lipinski definition) is 7. The highest BCUT2D eigenvalue weighted by molar-refractivity contribution is 7.15. The molecule has 0 spiro atoms. The molecule has 0 saturated carbocycles. The van der Waals surface area contributed by atoms with Crippen molar-refractivity contribution in [1.29, 1.82) is 0 Å². The lowest BCUT2D eigenvalue weighted by molar-refractivity contribution is -0.122. The number of aryl methyl sites for hydroxylation is 4. The van der Waals surface area contributed by atoms with Crippen LogP contribution in [0.25, 0.3) is 37.2 Å². The van der Waals surface area contributed by atoms with Gasteiger partial charge in [-0.1, -0.05) is 61.2 Å². The van der Waals surface area contributed by atoms with Gasteiger partial charge in [0.1, 0.15) is 16.9 Å². The first-order valence-corrected chi connectivity index (χ1v) is 22.7. The first-order chi connectivity index (χ1) is 28.6. The van der Waals surface area contributed by atoms with E-state index in [0.29, 0.717) is 30.4 Å². The Morgan fingerprint density at radius 1 is 0.814 bits per heavy atom. The molecule has 4 aromatic heterocycles. The Hall–Kier alpha value is -5.10. The number of unbranched alkanes of at least 4 members (excludes halogenated alkanes) is 4. The van der Waals surface area contributed by atoms with Crippen molar-refractivity contribution in [2.45, 2.75) is 98.7 Å². The summed E-state index contributed by atoms with van der Waals surface area (Å²) in [5.41, 5.74) is 10.1. The molecule has 9 nitrogen and oxygen atoms in total. The first-order valence-electron chi connectivity index (χ1n) is 20.6. The number of amides is 2. The number of aromatic nitrogens is 4. The molecule has 0 aliphatic carbocycles. The monoisotopic (exact) mass is 843 g/mol. The quantitative estimate of drug-likeness (QED) is 0.100. The number of thiophene rings is 2. The topological polar surface area (TPSA) is 106 Å². The van der Waals surface area contributed by atoms with Crippen molar-refractivity contribution in [3.63, 3.8) is 0 Å². The molecule has 0 fully saturated rings. The first kappa shape index (κ1) is 40.7. The molecule has 5 heterocycles. The maximum atomic E-state index is 13.3. The van der Waals surface area contributed by atoms with Crippen molar-refractivity contribution in [2.75, 3.05) is 6.54 Å². The van der Waals surface area contributed by atoms with E-state index in [-0.39, 0.29) is 18.2 Å². The van der Waals surface area contributed by atoms with Gasteiger partial charge in [-0.05, 0) is 111 Å². The van der Waals surface area contributed by atoms with E-state index < -0.39 is 6.04 Å². The number of benzene rings is 3. The summed E-state index contributed by atoms with van der Waals surface area (Å²) in [7, 11) is 0. The summed E-state index contributed by atoms with van der Waals surface area (Å²) < 4.78 is 4.45. The minimum atomic E-state index is -0.493. The molecule has 1 aliphatic heterocycles. The summed E-state index contributed by atoms with van der Waals surface area (Å²) in [5.74, 6) is 1.46. The van der Waals surface area contributed by atoms with E-state index in [1.54, 1.807) is 22.7 Å². The van der Waals surface area contributed by atoms with Crippen molar-refractivity contribution >= 4 is 73.6 Å². The Bertz CT molecular complexity index is 2700. The van der Waals surface area contributed by atoms with Crippen LogP contribution >= 0.6 is 34.3 Å². The van der Waals surface area contributed by atoms with Crippen LogP contribution in [-0.4, -0.2) is 43.4 Å². The zero-order valence-electron chi connectivity index (χ0n) is 34.3. The second kappa shape index (κ2) is 17.6. The molecular formula is C47H50ClN7O2S2. The molecule has 3 aromatic carbocycles. The fraction of sp³-hybridized carbons (Fsp3) is 0.340. The Morgan fingerprint density at radius 3 is 2.37 bits per heavy atom. The Balaban J connectivity index is 0.792. The van der Waals surface area contributed by atoms with E-state index in [9.17, 15) is 9.59 Å². The van der Waals surface area contributed by atoms with Crippen molar-refractivity contribution in [3.05, 3.63) is 121 Å². The van der Waals surface area contributed by atoms with Crippen LogP contribution < -0.4 is 10.6 Å². The van der Waals surface area contributed by atoms with Gasteiger partial charge in [-0.15, -0.1) is 32.9 Å². The average molecular weight is 845 g/mol. The number of halogens is 1. The molecule has 304 valence electrons. The number of aliphatic imine (C=N–C) groups is 1. The van der Waals surface area contributed by atoms with Gasteiger partial charge >= 0.3 is 0 Å². The van der Waals surface area contributed by atoms with Gasteiger partial charge in [-0.3, -0.25) is 19.1 Å². The molecule has 0 radical (unpaired) electrons. The van der Waals surface area contributed by atoms with Crippen molar-refractivity contribution < 1.29 is 9.59 Å². The van der Waals surface area contributed by atoms with Gasteiger partial charge in [0.15, 0.2) is 5.82 Å². The minimum absolute atomic E-state index is 0.0649. The van der Waals surface area contributed by atoms with E-state index in [4.69, 9.17) is 16.6 Å². The van der Waals surface area contributed by atoms with E-state index in [1.165, 1.54) is 42.7 Å². The van der Waals surface area contributed by atoms with Crippen LogP contribution in [0, 0.1) is 27.7 Å². The van der Waals surface area contributed by atoms with E-state index >= 15 is 0 Å². The molecule has 12 heteroatoms. The van der Waals surface area contributed by atoms with Crippen LogP contribution in [0.2, 0.25) is 5.02 Å². The summed E-state index contributed by atoms with van der Waals surface area (Å²) in [6.45, 7) is 12.5. The molecular weight excluding hydrogens is 794 g/mol. The van der Waals surface area contributed by atoms with Gasteiger partial charge in [-0.2, -0.15) is 0 Å². The summed E-state index contributed by atoms with van der Waals surface area (Å²) >= 11 is 9.73. The predicted octanol–water partition coefficient (Wildman–Crippen LogP) is 11.1. The van der Waals surface area contributed by atoms with Crippen LogP contribution in [-0.2, 0) is 22.7 Å². The standard InChI is InChI=1S/C47H50ClN7O2S2/c1-6-54-39-20-13-32(23-37(39)36-19-16-34(24-40(36)54)41-22-28(2)27-58-41)26-50-42(56)12-10-8-7-9-11-21-49-43(57)25-38-46-53-52-31(5)55(46)47-44(29(3)30(4)59-47)45(51-38)33-14-17-35(48)18-15-33/h13-20,22-24,27,38H,6-12,21,25-26H2,1-5H3,(H,49,57)(H,50,56)/t38-/m0/s1. The number of nitrogens with zero attached hydrogens (tertiary/aromatic N) is 5. The maximum Gasteiger partial charge on any atom is 0.222 e. The molecule has 0 saturated heterocycles. The third kappa shape index (κ3) is 8.51. The van der Waals surface area contributed by atoms with E-state index in [0.717, 1.165) is 77.4 Å². The highest BCUT2D eigenvalue weighted by Gasteiger charge is 2.32. The lowest BCUT2D eigenvalue weighted by Crippen LogP contribution is -2.26. The Labute approximate surface area is 358 Å². The van der Waals surface area contributed by atoms with Crippen molar-refractivity contribution in [3.8, 4) is 15.4 Å². The molecule has 1 aliphatic rings. The van der Waals surface area contributed by atoms with Gasteiger partial charge in [0, 0.05) is 73.8 Å². The zero-order chi connectivity index (χ0) is 41.2. The van der Waals surface area contributed by atoms with Gasteiger partial charge in [0.2, 0.25) is 11.8 Å². The summed E-state index contributed by atoms with van der Waals surface area (Å²) in [6.07, 6.45) is 5.36. The molecule has 2 N–H and O–H groups in total. The third-order valence-corrected chi connectivity index (χ3v) is 13.9. The van der Waals surface area contributed by atoms with Gasteiger partial charge < -0.3 is 15.2 Å². The number of carbonyl (C=O) groups excluding carboxylic acids is 2. The van der Waals surface area contributed by atoms with Crippen LogP contribution in [0.4, 0.5) is 0 Å². The van der Waals surface area contributed by atoms with Crippen molar-refractivity contribution in [1.82, 2.24) is 30.0 Å². The zero-order valence-corrected chi connectivity index (χ0v) is 36.7. The minimum Gasteiger partial charge on any atom is -0.356 e. The smallest absolute Gasteiger partial charge is 0.222 e. The summed E-state index contributed by atoms with van der Waals surface area (Å²) in [5, 5.41) is 21.5. The van der Waals surface area contributed by atoms with Crippen molar-refractivity contribution in [2.24, 2.45) is 4.99 Å². The third-order valence-electron chi connectivity index (χ3n) is 11.4. The molecule has 0 unspecified atom stereocenters. The van der Waals surface area contributed by atoms with Crippen LogP contribution in [0.15, 0.2) is 77.1 Å². The largest absolute Gasteiger partial charge is 0.356 e. The number of rotatable bonds is 15. The van der Waals surface area contributed by atoms with Crippen LogP contribution in [0.3, 0.4) is 0 Å². The Kier molecular flexibility index (Phi) is 12.2. The lowest BCUT2D eigenvalue weighted by Gasteiger charge is -2.13. The SMILES string of the molecule is CCn1c2ccc(CNC(=O)CCCCCCCNC(=O)C[C@@H]3N=C(c4ccc(Cl)cc4)c4c(sc(C)c4C)-n4c(C)nnc43)cc2c2ccc(-c3cc(C)cs3)cc21. The number of carbonyl (C=O) groups is 2. The second-order valence-electron chi connectivity index (χ2n) is 15.6. The van der Waals surface area contributed by atoms with Gasteiger partial charge in [0.05, 0.1) is 12.1 Å². The summed E-state index contributed by atoms with van der Waals surface area (Å²) in [6, 6.07) is 22.8. The highest BCUT2D eigenvalue weighted by atomic mass is 35.5. The fourth-order valence-corrected chi connectivity index (χ4v) is 10.4. The Morgan fingerprint density at radius 2 is 1.59 bits per heavy atom. The number of fused-ring (bicyclic) bond motifs is 6. The van der Waals surface area contributed by atoms with Crippen LogP contribution in [0.5, 0.6) is 0 Å². The average Bonchev–Trinajstić information content (AvgIpc) is 3.97. The molecule has 8 rings (SSSR count). The molecule has 2 amide bonds. The van der Waals surface area contributed by atoms with E-state index in [1.807, 2.05) is 31.2 Å². The fourth-order valence-electron chi connectivity index (χ4n) is 8.17. The van der Waals surface area contributed by atoms with E-state index in [2.05, 4.69) is 106 Å². The second-order valence-corrected chi connectivity index (χ2v) is 18.1. The van der Waals surface area contributed by atoms with Gasteiger partial charge in [-0.25, -0.2) is 0 Å². The number of hydrogen-bond donors (Lipinski definition) is 2. The van der Waals surface area contributed by atoms with Gasteiger partial charge in [0.25, 0.3) is 0 Å². The predicted molar refractivity (Wildman–Crippen MR) is 244 cm³/mol. The lowest BCUT2D eigenvalue weighted by atomic mass is 9.99. The van der Waals surface area contributed by atoms with Crippen LogP contribution in [0.1, 0.15) is 102 Å². The number of nitrogens with one attached hydrogen (secondary N) is 2. The normalized spacial score (nSPS) is 13.7. The highest BCUT2D eigenvalue weighted by Crippen LogP contribution is 2.40. The molecule has 59 heavy (non-hydrogen) atoms. The molecule has 1 atom stereocenters. The summed E-state index contributed by atoms with van der Waals surface area (Å²) in [4.78, 5) is 33.8. The maximum absolute atomic E-state index is 13.3.